The van der Waals surface area contributed by atoms with Gasteiger partial charge in [0.1, 0.15) is 25.6 Å². The summed E-state index contributed by atoms with van der Waals surface area (Å²) in [5.41, 5.74) is 0.888. The van der Waals surface area contributed by atoms with Crippen LogP contribution in [0.15, 0.2) is 54.6 Å². The molecule has 1 amide bonds. The molecular weight excluding hydrogens is 466 g/mol. The average Bonchev–Trinajstić information content (AvgIpc) is 3.15. The van der Waals surface area contributed by atoms with E-state index >= 15 is 0 Å². The van der Waals surface area contributed by atoms with Crippen LogP contribution >= 0.6 is 0 Å². The number of ketones is 1. The zero-order chi connectivity index (χ0) is 25.7. The van der Waals surface area contributed by atoms with Gasteiger partial charge in [-0.2, -0.15) is 0 Å². The van der Waals surface area contributed by atoms with Crippen LogP contribution in [-0.2, 0) is 14.3 Å². The maximum atomic E-state index is 13.2. The van der Waals surface area contributed by atoms with Crippen LogP contribution in [0.25, 0.3) is 5.76 Å². The van der Waals surface area contributed by atoms with Crippen LogP contribution in [0, 0.1) is 0 Å². The second-order valence-electron chi connectivity index (χ2n) is 8.08. The predicted octanol–water partition coefficient (Wildman–Crippen LogP) is 3.49. The van der Waals surface area contributed by atoms with Gasteiger partial charge in [0.15, 0.2) is 23.0 Å². The van der Waals surface area contributed by atoms with Crippen molar-refractivity contribution >= 4 is 17.4 Å². The molecule has 1 fully saturated rings. The van der Waals surface area contributed by atoms with Crippen molar-refractivity contribution in [1.29, 1.82) is 0 Å². The number of hydrogen-bond donors (Lipinski definition) is 1. The largest absolute Gasteiger partial charge is 0.507 e. The van der Waals surface area contributed by atoms with Gasteiger partial charge in [0, 0.05) is 19.2 Å². The summed E-state index contributed by atoms with van der Waals surface area (Å²) < 4.78 is 27.8. The minimum Gasteiger partial charge on any atom is -0.507 e. The average molecular weight is 496 g/mol. The SMILES string of the molecule is C=CCOc1ccc(C2/C(=C(\O)c3ccc4c(c3)OCCO4)C(=O)C(=O)N2CCOC)cc1OCC. The molecule has 2 aliphatic rings. The first-order valence-corrected chi connectivity index (χ1v) is 11.7. The Hall–Kier alpha value is -3.98. The third kappa shape index (κ3) is 4.87. The highest BCUT2D eigenvalue weighted by Crippen LogP contribution is 2.43. The number of likely N-dealkylation sites (tertiary alicyclic amines) is 1. The molecule has 9 nitrogen and oxygen atoms in total. The standard InChI is InChI=1S/C27H29NO8/c1-4-11-34-19-8-6-17(15-21(19)33-5-2)24-23(26(30)27(31)28(24)10-12-32-3)25(29)18-7-9-20-22(16-18)36-14-13-35-20/h4,6-9,15-16,24,29H,1,5,10-14H2,2-3H3/b25-23+. The zero-order valence-electron chi connectivity index (χ0n) is 20.3. The lowest BCUT2D eigenvalue weighted by atomic mass is 9.94. The monoisotopic (exact) mass is 495 g/mol. The number of methoxy groups -OCH3 is 1. The number of nitrogens with zero attached hydrogens (tertiary/aromatic N) is 1. The third-order valence-corrected chi connectivity index (χ3v) is 5.83. The molecule has 190 valence electrons. The van der Waals surface area contributed by atoms with Crippen LogP contribution in [0.2, 0.25) is 0 Å². The molecule has 0 bridgehead atoms. The molecule has 9 heteroatoms. The molecule has 0 radical (unpaired) electrons. The molecule has 1 atom stereocenters. The molecule has 0 aromatic heterocycles. The van der Waals surface area contributed by atoms with Gasteiger partial charge in [0.2, 0.25) is 0 Å². The quantitative estimate of drug-likeness (QED) is 0.231. The first-order valence-electron chi connectivity index (χ1n) is 11.7. The fourth-order valence-corrected chi connectivity index (χ4v) is 4.22. The van der Waals surface area contributed by atoms with Gasteiger partial charge < -0.3 is 33.7 Å². The third-order valence-electron chi connectivity index (χ3n) is 5.83. The minimum absolute atomic E-state index is 0.0324. The van der Waals surface area contributed by atoms with Crippen molar-refractivity contribution in [1.82, 2.24) is 4.90 Å². The molecule has 0 saturated carbocycles. The minimum atomic E-state index is -0.860. The molecule has 1 N–H and O–H groups in total. The van der Waals surface area contributed by atoms with Crippen LogP contribution < -0.4 is 18.9 Å². The summed E-state index contributed by atoms with van der Waals surface area (Å²) in [6, 6.07) is 9.20. The number of amides is 1. The second-order valence-corrected chi connectivity index (χ2v) is 8.08. The van der Waals surface area contributed by atoms with Crippen LogP contribution in [-0.4, -0.2) is 68.4 Å². The van der Waals surface area contributed by atoms with E-state index in [9.17, 15) is 14.7 Å². The molecule has 1 unspecified atom stereocenters. The van der Waals surface area contributed by atoms with Crippen molar-refractivity contribution in [3.8, 4) is 23.0 Å². The van der Waals surface area contributed by atoms with E-state index in [0.29, 0.717) is 53.9 Å². The highest BCUT2D eigenvalue weighted by atomic mass is 16.6. The van der Waals surface area contributed by atoms with Gasteiger partial charge in [0.25, 0.3) is 11.7 Å². The van der Waals surface area contributed by atoms with E-state index in [1.165, 1.54) is 12.0 Å². The Balaban J connectivity index is 1.83. The Labute approximate surface area is 209 Å². The second kappa shape index (κ2) is 11.2. The van der Waals surface area contributed by atoms with Gasteiger partial charge in [-0.3, -0.25) is 9.59 Å². The van der Waals surface area contributed by atoms with Crippen LogP contribution in [0.3, 0.4) is 0 Å². The summed E-state index contributed by atoms with van der Waals surface area (Å²) >= 11 is 0. The molecular formula is C27H29NO8. The van der Waals surface area contributed by atoms with Crippen molar-refractivity contribution in [3.05, 3.63) is 65.8 Å². The molecule has 2 heterocycles. The summed E-state index contributed by atoms with van der Waals surface area (Å²) in [5, 5.41) is 11.3. The van der Waals surface area contributed by atoms with Gasteiger partial charge in [-0.1, -0.05) is 18.7 Å². The molecule has 2 aromatic carbocycles. The number of ether oxygens (including phenoxy) is 5. The Morgan fingerprint density at radius 3 is 2.61 bits per heavy atom. The van der Waals surface area contributed by atoms with Crippen molar-refractivity contribution in [3.63, 3.8) is 0 Å². The van der Waals surface area contributed by atoms with Gasteiger partial charge in [-0.25, -0.2) is 0 Å². The number of benzene rings is 2. The highest BCUT2D eigenvalue weighted by molar-refractivity contribution is 6.46. The molecule has 0 aliphatic carbocycles. The molecule has 4 rings (SSSR count). The predicted molar refractivity (Wildman–Crippen MR) is 132 cm³/mol. The Morgan fingerprint density at radius 2 is 1.89 bits per heavy atom. The van der Waals surface area contributed by atoms with Crippen LogP contribution in [0.1, 0.15) is 24.1 Å². The van der Waals surface area contributed by atoms with E-state index in [4.69, 9.17) is 23.7 Å². The summed E-state index contributed by atoms with van der Waals surface area (Å²) in [5.74, 6) is 0.147. The summed E-state index contributed by atoms with van der Waals surface area (Å²) in [4.78, 5) is 27.7. The van der Waals surface area contributed by atoms with Gasteiger partial charge in [-0.15, -0.1) is 0 Å². The topological polar surface area (TPSA) is 104 Å². The summed E-state index contributed by atoms with van der Waals surface area (Å²) in [7, 11) is 1.51. The van der Waals surface area contributed by atoms with E-state index < -0.39 is 17.7 Å². The lowest BCUT2D eigenvalue weighted by molar-refractivity contribution is -0.140. The van der Waals surface area contributed by atoms with Gasteiger partial charge in [0.05, 0.1) is 24.8 Å². The van der Waals surface area contributed by atoms with Crippen molar-refractivity contribution in [2.45, 2.75) is 13.0 Å². The van der Waals surface area contributed by atoms with E-state index in [0.717, 1.165) is 0 Å². The number of rotatable bonds is 10. The van der Waals surface area contributed by atoms with E-state index in [1.807, 2.05) is 6.92 Å². The highest BCUT2D eigenvalue weighted by Gasteiger charge is 2.46. The van der Waals surface area contributed by atoms with Crippen LogP contribution in [0.5, 0.6) is 23.0 Å². The first-order chi connectivity index (χ1) is 17.5. The van der Waals surface area contributed by atoms with Crippen molar-refractivity contribution < 1.29 is 38.4 Å². The summed E-state index contributed by atoms with van der Waals surface area (Å²) in [6.07, 6.45) is 1.62. The number of fused-ring (bicyclic) bond motifs is 1. The van der Waals surface area contributed by atoms with E-state index in [1.54, 1.807) is 42.5 Å². The first kappa shape index (κ1) is 25.1. The molecule has 1 saturated heterocycles. The zero-order valence-corrected chi connectivity index (χ0v) is 20.3. The number of aliphatic hydroxyl groups excluding tert-OH is 1. The number of aliphatic hydroxyl groups is 1. The normalized spacial score (nSPS) is 18.3. The number of carbonyl (C=O) groups is 2. The van der Waals surface area contributed by atoms with Crippen molar-refractivity contribution in [2.75, 3.05) is 46.7 Å². The van der Waals surface area contributed by atoms with E-state index in [-0.39, 0.29) is 31.1 Å². The molecule has 2 aromatic rings. The Bertz CT molecular complexity index is 1190. The summed E-state index contributed by atoms with van der Waals surface area (Å²) in [6.45, 7) is 7.35. The smallest absolute Gasteiger partial charge is 0.295 e. The number of Topliss-reactive ketones (excluding diaryl/α,β-unsaturated/α-hetero) is 1. The van der Waals surface area contributed by atoms with Gasteiger partial charge in [-0.05, 0) is 42.8 Å². The Kier molecular flexibility index (Phi) is 7.80. The Morgan fingerprint density at radius 1 is 1.11 bits per heavy atom. The molecule has 36 heavy (non-hydrogen) atoms. The van der Waals surface area contributed by atoms with E-state index in [2.05, 4.69) is 6.58 Å². The van der Waals surface area contributed by atoms with Crippen LogP contribution in [0.4, 0.5) is 0 Å². The maximum absolute atomic E-state index is 13.2. The molecule has 0 spiro atoms. The van der Waals surface area contributed by atoms with Gasteiger partial charge >= 0.3 is 0 Å². The van der Waals surface area contributed by atoms with Crippen molar-refractivity contribution in [2.24, 2.45) is 0 Å². The lowest BCUT2D eigenvalue weighted by Crippen LogP contribution is -2.32. The number of carbonyl (C=O) groups excluding carboxylic acids is 2. The lowest BCUT2D eigenvalue weighted by Gasteiger charge is -2.26. The molecule has 2 aliphatic heterocycles. The number of hydrogen-bond acceptors (Lipinski definition) is 8. The fraction of sp³-hybridized carbons (Fsp3) is 0.333. The fourth-order valence-electron chi connectivity index (χ4n) is 4.22. The maximum Gasteiger partial charge on any atom is 0.295 e.